The lowest BCUT2D eigenvalue weighted by molar-refractivity contribution is -0.159. The number of rotatable bonds is 6. The number of halogens is 1. The van der Waals surface area contributed by atoms with E-state index in [1.165, 1.54) is 40.4 Å². The zero-order valence-electron chi connectivity index (χ0n) is 17.4. The Morgan fingerprint density at radius 3 is 2.42 bits per heavy atom. The predicted octanol–water partition coefficient (Wildman–Crippen LogP) is 3.34. The zero-order chi connectivity index (χ0) is 22.6. The minimum Gasteiger partial charge on any atom is -0.452 e. The molecule has 1 aliphatic rings. The van der Waals surface area contributed by atoms with Gasteiger partial charge < -0.3 is 9.64 Å². The van der Waals surface area contributed by atoms with Gasteiger partial charge in [-0.05, 0) is 56.2 Å². The van der Waals surface area contributed by atoms with Crippen LogP contribution >= 0.6 is 11.6 Å². The molecule has 166 valence electrons. The number of para-hydroxylation sites is 1. The number of benzene rings is 2. The Labute approximate surface area is 187 Å². The lowest BCUT2D eigenvalue weighted by Gasteiger charge is -2.31. The van der Waals surface area contributed by atoms with Crippen molar-refractivity contribution < 1.29 is 22.7 Å². The monoisotopic (exact) mass is 464 g/mol. The van der Waals surface area contributed by atoms with E-state index in [0.717, 1.165) is 0 Å². The number of nitrogens with zero attached hydrogens (tertiary/aromatic N) is 2. The SMILES string of the molecule is CC(OC(=O)C1CCCN(S(=O)(=O)c2ccc(Cl)cc2)C1)C(=O)N(C)c1ccccc1. The molecule has 2 aromatic carbocycles. The van der Waals surface area contributed by atoms with Crippen molar-refractivity contribution in [3.05, 3.63) is 59.6 Å². The second kappa shape index (κ2) is 9.80. The van der Waals surface area contributed by atoms with Gasteiger partial charge in [0.1, 0.15) is 0 Å². The molecule has 1 saturated heterocycles. The molecule has 2 atom stereocenters. The highest BCUT2D eigenvalue weighted by Gasteiger charge is 2.35. The van der Waals surface area contributed by atoms with E-state index in [0.29, 0.717) is 30.1 Å². The molecule has 7 nitrogen and oxygen atoms in total. The first kappa shape index (κ1) is 23.2. The summed E-state index contributed by atoms with van der Waals surface area (Å²) in [7, 11) is -2.13. The number of sulfonamides is 1. The van der Waals surface area contributed by atoms with Crippen LogP contribution in [0.4, 0.5) is 5.69 Å². The minimum absolute atomic E-state index is 0.0131. The number of hydrogen-bond acceptors (Lipinski definition) is 5. The van der Waals surface area contributed by atoms with Gasteiger partial charge in [0.25, 0.3) is 5.91 Å². The van der Waals surface area contributed by atoms with Crippen molar-refractivity contribution in [2.45, 2.75) is 30.8 Å². The lowest BCUT2D eigenvalue weighted by atomic mass is 10.00. The summed E-state index contributed by atoms with van der Waals surface area (Å²) in [4.78, 5) is 26.9. The molecule has 31 heavy (non-hydrogen) atoms. The molecule has 9 heteroatoms. The lowest BCUT2D eigenvalue weighted by Crippen LogP contribution is -2.44. The molecule has 1 aliphatic heterocycles. The summed E-state index contributed by atoms with van der Waals surface area (Å²) in [6.07, 6.45) is 0.0423. The number of piperidine rings is 1. The Morgan fingerprint density at radius 1 is 1.13 bits per heavy atom. The van der Waals surface area contributed by atoms with Crippen molar-refractivity contribution in [2.24, 2.45) is 5.92 Å². The van der Waals surface area contributed by atoms with Crippen LogP contribution < -0.4 is 4.90 Å². The van der Waals surface area contributed by atoms with Gasteiger partial charge in [-0.15, -0.1) is 0 Å². The molecular formula is C22H25ClN2O5S. The highest BCUT2D eigenvalue weighted by molar-refractivity contribution is 7.89. The van der Waals surface area contributed by atoms with Gasteiger partial charge in [0.2, 0.25) is 10.0 Å². The summed E-state index contributed by atoms with van der Waals surface area (Å²) in [5, 5.41) is 0.443. The summed E-state index contributed by atoms with van der Waals surface area (Å²) < 4.78 is 32.5. The van der Waals surface area contributed by atoms with Crippen molar-refractivity contribution in [3.8, 4) is 0 Å². The van der Waals surface area contributed by atoms with Crippen molar-refractivity contribution in [1.82, 2.24) is 4.31 Å². The van der Waals surface area contributed by atoms with Crippen LogP contribution in [0.5, 0.6) is 0 Å². The summed E-state index contributed by atoms with van der Waals surface area (Å²) in [6, 6.07) is 15.0. The molecule has 0 N–H and O–H groups in total. The summed E-state index contributed by atoms with van der Waals surface area (Å²) >= 11 is 5.85. The average molecular weight is 465 g/mol. The summed E-state index contributed by atoms with van der Waals surface area (Å²) in [5.41, 5.74) is 0.688. The van der Waals surface area contributed by atoms with Crippen molar-refractivity contribution >= 4 is 39.2 Å². The molecule has 0 bridgehead atoms. The van der Waals surface area contributed by atoms with E-state index in [4.69, 9.17) is 16.3 Å². The Hall–Kier alpha value is -2.42. The largest absolute Gasteiger partial charge is 0.452 e. The highest BCUT2D eigenvalue weighted by Crippen LogP contribution is 2.26. The molecule has 0 radical (unpaired) electrons. The summed E-state index contributed by atoms with van der Waals surface area (Å²) in [5.74, 6) is -1.56. The third kappa shape index (κ3) is 5.44. The molecule has 0 aliphatic carbocycles. The van der Waals surface area contributed by atoms with Gasteiger partial charge in [-0.2, -0.15) is 4.31 Å². The molecule has 2 unspecified atom stereocenters. The number of carbonyl (C=O) groups is 2. The smallest absolute Gasteiger partial charge is 0.311 e. The molecule has 3 rings (SSSR count). The topological polar surface area (TPSA) is 84.0 Å². The van der Waals surface area contributed by atoms with Gasteiger partial charge in [0, 0.05) is 30.8 Å². The number of hydrogen-bond donors (Lipinski definition) is 0. The average Bonchev–Trinajstić information content (AvgIpc) is 2.79. The third-order valence-corrected chi connectivity index (χ3v) is 7.41. The van der Waals surface area contributed by atoms with E-state index < -0.39 is 28.0 Å². The Balaban J connectivity index is 1.64. The van der Waals surface area contributed by atoms with Crippen LogP contribution in [-0.4, -0.2) is 50.8 Å². The standard InChI is InChI=1S/C22H25ClN2O5S/c1-16(21(26)24(2)19-8-4-3-5-9-19)30-22(27)17-7-6-14-25(15-17)31(28,29)20-12-10-18(23)11-13-20/h3-5,8-13,16-17H,6-7,14-15H2,1-2H3. The number of anilines is 1. The van der Waals surface area contributed by atoms with Gasteiger partial charge in [0.15, 0.2) is 6.10 Å². The Bertz CT molecular complexity index is 1030. The van der Waals surface area contributed by atoms with Gasteiger partial charge in [-0.3, -0.25) is 9.59 Å². The second-order valence-electron chi connectivity index (χ2n) is 7.47. The van der Waals surface area contributed by atoms with E-state index in [1.807, 2.05) is 18.2 Å². The van der Waals surface area contributed by atoms with Crippen LogP contribution in [0.1, 0.15) is 19.8 Å². The molecule has 1 heterocycles. The first-order chi connectivity index (χ1) is 14.7. The fourth-order valence-electron chi connectivity index (χ4n) is 3.48. The van der Waals surface area contributed by atoms with Gasteiger partial charge >= 0.3 is 5.97 Å². The fourth-order valence-corrected chi connectivity index (χ4v) is 5.13. The van der Waals surface area contributed by atoms with Crippen molar-refractivity contribution in [2.75, 3.05) is 25.0 Å². The van der Waals surface area contributed by atoms with E-state index in [9.17, 15) is 18.0 Å². The first-order valence-corrected chi connectivity index (χ1v) is 11.8. The van der Waals surface area contributed by atoms with Crippen LogP contribution in [0, 0.1) is 5.92 Å². The van der Waals surface area contributed by atoms with Crippen LogP contribution in [0.25, 0.3) is 0 Å². The fraction of sp³-hybridized carbons (Fsp3) is 0.364. The van der Waals surface area contributed by atoms with Crippen LogP contribution in [0.3, 0.4) is 0 Å². The van der Waals surface area contributed by atoms with Crippen LogP contribution in [0.15, 0.2) is 59.5 Å². The van der Waals surface area contributed by atoms with Gasteiger partial charge in [0.05, 0.1) is 10.8 Å². The quantitative estimate of drug-likeness (QED) is 0.612. The molecule has 0 spiro atoms. The number of likely N-dealkylation sites (N-methyl/N-ethyl adjacent to an activating group) is 1. The number of carbonyl (C=O) groups excluding carboxylic acids is 2. The van der Waals surface area contributed by atoms with E-state index in [-0.39, 0.29) is 17.3 Å². The molecule has 2 aromatic rings. The number of amides is 1. The molecular weight excluding hydrogens is 440 g/mol. The van der Waals surface area contributed by atoms with E-state index >= 15 is 0 Å². The normalized spacial score (nSPS) is 18.2. The van der Waals surface area contributed by atoms with Gasteiger partial charge in [-0.25, -0.2) is 8.42 Å². The molecule has 0 saturated carbocycles. The predicted molar refractivity (Wildman–Crippen MR) is 118 cm³/mol. The minimum atomic E-state index is -3.75. The maximum Gasteiger partial charge on any atom is 0.311 e. The summed E-state index contributed by atoms with van der Waals surface area (Å²) in [6.45, 7) is 1.85. The van der Waals surface area contributed by atoms with Crippen LogP contribution in [-0.2, 0) is 24.3 Å². The molecule has 1 fully saturated rings. The number of ether oxygens (including phenoxy) is 1. The van der Waals surface area contributed by atoms with E-state index in [2.05, 4.69) is 0 Å². The second-order valence-corrected chi connectivity index (χ2v) is 9.84. The Morgan fingerprint density at radius 2 is 1.77 bits per heavy atom. The molecule has 0 aromatic heterocycles. The Kier molecular flexibility index (Phi) is 7.35. The van der Waals surface area contributed by atoms with Crippen molar-refractivity contribution in [1.29, 1.82) is 0 Å². The maximum absolute atomic E-state index is 12.9. The number of esters is 1. The van der Waals surface area contributed by atoms with Crippen LogP contribution in [0.2, 0.25) is 5.02 Å². The van der Waals surface area contributed by atoms with Gasteiger partial charge in [-0.1, -0.05) is 29.8 Å². The van der Waals surface area contributed by atoms with Crippen molar-refractivity contribution in [3.63, 3.8) is 0 Å². The highest BCUT2D eigenvalue weighted by atomic mass is 35.5. The first-order valence-electron chi connectivity index (χ1n) is 9.99. The third-order valence-electron chi connectivity index (χ3n) is 5.28. The zero-order valence-corrected chi connectivity index (χ0v) is 19.0. The van der Waals surface area contributed by atoms with E-state index in [1.54, 1.807) is 19.2 Å². The molecule has 1 amide bonds. The maximum atomic E-state index is 12.9.